The summed E-state index contributed by atoms with van der Waals surface area (Å²) in [7, 11) is 0. The molecule has 0 saturated heterocycles. The number of carbonyl (C=O) groups excluding carboxylic acids is 1. The summed E-state index contributed by atoms with van der Waals surface area (Å²) in [6.45, 7) is 6.09. The van der Waals surface area contributed by atoms with Crippen molar-refractivity contribution in [3.05, 3.63) is 65.7 Å². The highest BCUT2D eigenvalue weighted by Gasteiger charge is 2.19. The van der Waals surface area contributed by atoms with Crippen LogP contribution in [0.4, 0.5) is 0 Å². The molecule has 9 heteroatoms. The number of hydrogen-bond donors (Lipinski definition) is 1. The maximum atomic E-state index is 12.4. The number of rotatable bonds is 8. The van der Waals surface area contributed by atoms with E-state index < -0.39 is 0 Å². The fourth-order valence-corrected chi connectivity index (χ4v) is 4.30. The van der Waals surface area contributed by atoms with Gasteiger partial charge >= 0.3 is 0 Å². The molecule has 31 heavy (non-hydrogen) atoms. The topological polar surface area (TPSA) is 85.8 Å². The van der Waals surface area contributed by atoms with Crippen LogP contribution in [-0.4, -0.2) is 31.7 Å². The second-order valence-electron chi connectivity index (χ2n) is 7.38. The largest absolute Gasteiger partial charge is 0.447 e. The molecule has 1 N–H and O–H groups in total. The van der Waals surface area contributed by atoms with Gasteiger partial charge in [0.1, 0.15) is 6.26 Å². The Hall–Kier alpha value is -2.91. The van der Waals surface area contributed by atoms with Crippen molar-refractivity contribution in [2.24, 2.45) is 5.92 Å². The molecule has 0 aliphatic heterocycles. The molecule has 1 amide bonds. The van der Waals surface area contributed by atoms with Gasteiger partial charge in [-0.15, -0.1) is 21.5 Å². The quantitative estimate of drug-likeness (QED) is 0.376. The molecule has 1 aromatic carbocycles. The first-order valence-electron chi connectivity index (χ1n) is 9.95. The number of hydrogen-bond acceptors (Lipinski definition) is 7. The molecule has 0 fully saturated rings. The molecule has 0 bridgehead atoms. The molecule has 4 rings (SSSR count). The van der Waals surface area contributed by atoms with E-state index in [1.807, 2.05) is 59.3 Å². The van der Waals surface area contributed by atoms with Crippen LogP contribution in [0.25, 0.3) is 16.4 Å². The van der Waals surface area contributed by atoms with E-state index in [9.17, 15) is 4.79 Å². The van der Waals surface area contributed by atoms with Gasteiger partial charge in [-0.05, 0) is 36.4 Å². The van der Waals surface area contributed by atoms with E-state index in [0.29, 0.717) is 17.6 Å². The molecule has 4 aromatic rings. The van der Waals surface area contributed by atoms with Crippen LogP contribution in [0.3, 0.4) is 0 Å². The second-order valence-corrected chi connectivity index (χ2v) is 9.27. The number of para-hydroxylation sites is 1. The first kappa shape index (κ1) is 21.3. The van der Waals surface area contributed by atoms with Crippen LogP contribution in [0.2, 0.25) is 0 Å². The van der Waals surface area contributed by atoms with Crippen molar-refractivity contribution in [3.8, 4) is 16.4 Å². The smallest absolute Gasteiger partial charge is 0.273 e. The third-order valence-electron chi connectivity index (χ3n) is 4.86. The number of carbonyl (C=O) groups is 1. The van der Waals surface area contributed by atoms with Crippen LogP contribution < -0.4 is 5.32 Å². The summed E-state index contributed by atoms with van der Waals surface area (Å²) >= 11 is 3.08. The normalized spacial score (nSPS) is 12.3. The van der Waals surface area contributed by atoms with Crippen LogP contribution in [-0.2, 0) is 5.75 Å². The van der Waals surface area contributed by atoms with Gasteiger partial charge in [0.2, 0.25) is 5.89 Å². The zero-order chi connectivity index (χ0) is 21.8. The maximum Gasteiger partial charge on any atom is 0.273 e. The van der Waals surface area contributed by atoms with Crippen molar-refractivity contribution >= 4 is 29.0 Å². The Morgan fingerprint density at radius 3 is 2.68 bits per heavy atom. The molecular formula is C22H23N5O2S2. The number of nitrogens with one attached hydrogen (secondary N) is 1. The van der Waals surface area contributed by atoms with Crippen molar-refractivity contribution in [2.45, 2.75) is 37.7 Å². The third kappa shape index (κ3) is 4.88. The van der Waals surface area contributed by atoms with Crippen LogP contribution in [0.15, 0.2) is 63.7 Å². The number of thioether (sulfide) groups is 1. The van der Waals surface area contributed by atoms with Crippen LogP contribution in [0.5, 0.6) is 0 Å². The van der Waals surface area contributed by atoms with Gasteiger partial charge in [-0.1, -0.05) is 49.9 Å². The van der Waals surface area contributed by atoms with Gasteiger partial charge in [-0.2, -0.15) is 0 Å². The lowest BCUT2D eigenvalue weighted by Gasteiger charge is -2.16. The molecule has 3 heterocycles. The zero-order valence-electron chi connectivity index (χ0n) is 17.5. The molecule has 7 nitrogen and oxygen atoms in total. The molecule has 0 aliphatic carbocycles. The molecule has 0 saturated carbocycles. The summed E-state index contributed by atoms with van der Waals surface area (Å²) in [5.41, 5.74) is 1.26. The van der Waals surface area contributed by atoms with Gasteiger partial charge in [0.05, 0.1) is 10.6 Å². The summed E-state index contributed by atoms with van der Waals surface area (Å²) in [5, 5.41) is 14.5. The third-order valence-corrected chi connectivity index (χ3v) is 6.64. The lowest BCUT2D eigenvalue weighted by atomic mass is 10.1. The van der Waals surface area contributed by atoms with Crippen molar-refractivity contribution in [1.29, 1.82) is 0 Å². The van der Waals surface area contributed by atoms with Gasteiger partial charge in [0.25, 0.3) is 5.91 Å². The van der Waals surface area contributed by atoms with Gasteiger partial charge in [-0.3, -0.25) is 9.36 Å². The minimum atomic E-state index is -0.228. The second kappa shape index (κ2) is 9.49. The van der Waals surface area contributed by atoms with Gasteiger partial charge in [0, 0.05) is 11.7 Å². The van der Waals surface area contributed by atoms with E-state index in [1.54, 1.807) is 11.3 Å². The Morgan fingerprint density at radius 2 is 1.97 bits per heavy atom. The van der Waals surface area contributed by atoms with E-state index in [4.69, 9.17) is 4.42 Å². The monoisotopic (exact) mass is 453 g/mol. The minimum absolute atomic E-state index is 0.0575. The molecule has 3 aromatic heterocycles. The van der Waals surface area contributed by atoms with Crippen LogP contribution >= 0.6 is 23.1 Å². The summed E-state index contributed by atoms with van der Waals surface area (Å²) in [4.78, 5) is 17.7. The first-order valence-corrected chi connectivity index (χ1v) is 11.8. The van der Waals surface area contributed by atoms with Gasteiger partial charge < -0.3 is 9.73 Å². The van der Waals surface area contributed by atoms with E-state index >= 15 is 0 Å². The Labute approximate surface area is 188 Å². The summed E-state index contributed by atoms with van der Waals surface area (Å²) in [6, 6.07) is 14.1. The minimum Gasteiger partial charge on any atom is -0.447 e. The van der Waals surface area contributed by atoms with Gasteiger partial charge in [0.15, 0.2) is 16.7 Å². The van der Waals surface area contributed by atoms with Crippen molar-refractivity contribution in [1.82, 2.24) is 25.1 Å². The number of thiophene rings is 1. The molecular weight excluding hydrogens is 430 g/mol. The molecule has 0 aliphatic rings. The SMILES string of the molecule is CC(C)C(C)NC(=O)c1coc(CSc2nnc(-c3cccs3)n2-c2ccccc2)n1. The Bertz CT molecular complexity index is 1140. The fourth-order valence-electron chi connectivity index (χ4n) is 2.79. The summed E-state index contributed by atoms with van der Waals surface area (Å²) in [6.07, 6.45) is 1.40. The highest BCUT2D eigenvalue weighted by molar-refractivity contribution is 7.98. The number of amides is 1. The number of oxazole rings is 1. The Kier molecular flexibility index (Phi) is 6.53. The lowest BCUT2D eigenvalue weighted by molar-refractivity contribution is 0.0925. The zero-order valence-corrected chi connectivity index (χ0v) is 19.1. The van der Waals surface area contributed by atoms with Crippen LogP contribution in [0.1, 0.15) is 37.2 Å². The van der Waals surface area contributed by atoms with E-state index in [-0.39, 0.29) is 17.6 Å². The lowest BCUT2D eigenvalue weighted by Crippen LogP contribution is -2.36. The van der Waals surface area contributed by atoms with Crippen molar-refractivity contribution in [2.75, 3.05) is 0 Å². The first-order chi connectivity index (χ1) is 15.0. The molecule has 1 unspecified atom stereocenters. The van der Waals surface area contributed by atoms with E-state index in [0.717, 1.165) is 21.5 Å². The van der Waals surface area contributed by atoms with E-state index in [1.165, 1.54) is 18.0 Å². The average Bonchev–Trinajstić information content (AvgIpc) is 3.53. The molecule has 1 atom stereocenters. The van der Waals surface area contributed by atoms with Gasteiger partial charge in [-0.25, -0.2) is 4.98 Å². The standard InChI is InChI=1S/C22H23N5O2S2/c1-14(2)15(3)23-21(28)17-12-29-19(24-17)13-31-22-26-25-20(18-10-7-11-30-18)27(22)16-8-5-4-6-9-16/h4-12,14-15H,13H2,1-3H3,(H,23,28). The number of nitrogens with zero attached hydrogens (tertiary/aromatic N) is 4. The predicted molar refractivity (Wildman–Crippen MR) is 123 cm³/mol. The summed E-state index contributed by atoms with van der Waals surface area (Å²) in [5.74, 6) is 1.80. The van der Waals surface area contributed by atoms with Crippen molar-refractivity contribution in [3.63, 3.8) is 0 Å². The number of aromatic nitrogens is 4. The van der Waals surface area contributed by atoms with Crippen LogP contribution in [0, 0.1) is 5.92 Å². The summed E-state index contributed by atoms with van der Waals surface area (Å²) < 4.78 is 7.55. The maximum absolute atomic E-state index is 12.4. The molecule has 160 valence electrons. The van der Waals surface area contributed by atoms with Crippen molar-refractivity contribution < 1.29 is 9.21 Å². The molecule has 0 radical (unpaired) electrons. The average molecular weight is 454 g/mol. The highest BCUT2D eigenvalue weighted by atomic mass is 32.2. The number of benzene rings is 1. The Morgan fingerprint density at radius 1 is 1.16 bits per heavy atom. The fraction of sp³-hybridized carbons (Fsp3) is 0.273. The molecule has 0 spiro atoms. The Balaban J connectivity index is 1.52. The highest BCUT2D eigenvalue weighted by Crippen LogP contribution is 2.31. The van der Waals surface area contributed by atoms with E-state index in [2.05, 4.69) is 34.3 Å². The predicted octanol–water partition coefficient (Wildman–Crippen LogP) is 5.05.